The first kappa shape index (κ1) is 9.45. The van der Waals surface area contributed by atoms with E-state index in [0.29, 0.717) is 5.58 Å². The Labute approximate surface area is 85.8 Å². The van der Waals surface area contributed by atoms with E-state index in [2.05, 4.69) is 0 Å². The zero-order valence-corrected chi connectivity index (χ0v) is 8.20. The van der Waals surface area contributed by atoms with Crippen molar-refractivity contribution in [2.24, 2.45) is 5.73 Å². The van der Waals surface area contributed by atoms with Gasteiger partial charge in [-0.25, -0.2) is 0 Å². The van der Waals surface area contributed by atoms with E-state index < -0.39 is 5.91 Å². The van der Waals surface area contributed by atoms with Gasteiger partial charge < -0.3 is 10.2 Å². The Bertz CT molecular complexity index is 599. The normalized spacial score (nSPS) is 10.5. The summed E-state index contributed by atoms with van der Waals surface area (Å²) in [4.78, 5) is 11.0. The number of nitrogens with one attached hydrogen (secondary N) is 1. The first-order chi connectivity index (χ1) is 7.08. The van der Waals surface area contributed by atoms with E-state index in [0.717, 1.165) is 10.9 Å². The molecule has 0 bridgehead atoms. The van der Waals surface area contributed by atoms with E-state index in [1.807, 2.05) is 19.1 Å². The van der Waals surface area contributed by atoms with Gasteiger partial charge in [-0.15, -0.1) is 0 Å². The van der Waals surface area contributed by atoms with Crippen LogP contribution in [0.2, 0.25) is 0 Å². The number of hydrogen-bond acceptors (Lipinski definition) is 3. The van der Waals surface area contributed by atoms with Crippen LogP contribution in [0.3, 0.4) is 0 Å². The van der Waals surface area contributed by atoms with E-state index in [1.54, 1.807) is 12.1 Å². The lowest BCUT2D eigenvalue weighted by atomic mass is 10.1. The Balaban J connectivity index is 2.83. The van der Waals surface area contributed by atoms with Gasteiger partial charge in [-0.2, -0.15) is 0 Å². The van der Waals surface area contributed by atoms with E-state index in [9.17, 15) is 4.79 Å². The molecule has 1 aromatic heterocycles. The summed E-state index contributed by atoms with van der Waals surface area (Å²) in [6, 6.07) is 7.11. The lowest BCUT2D eigenvalue weighted by molar-refractivity contribution is 0.0996. The largest absolute Gasteiger partial charge is 0.438 e. The molecular formula is C11H10N2O2. The number of aryl methyl sites for hydroxylation is 1. The molecule has 0 spiro atoms. The molecule has 76 valence electrons. The fourth-order valence-corrected chi connectivity index (χ4v) is 1.44. The zero-order valence-electron chi connectivity index (χ0n) is 8.20. The second-order valence-corrected chi connectivity index (χ2v) is 3.39. The van der Waals surface area contributed by atoms with Crippen molar-refractivity contribution >= 4 is 16.9 Å². The van der Waals surface area contributed by atoms with E-state index in [-0.39, 0.29) is 11.1 Å². The van der Waals surface area contributed by atoms with Gasteiger partial charge in [0, 0.05) is 5.39 Å². The van der Waals surface area contributed by atoms with E-state index in [1.165, 1.54) is 0 Å². The quantitative estimate of drug-likeness (QED) is 0.731. The van der Waals surface area contributed by atoms with Crippen LogP contribution in [0.4, 0.5) is 0 Å². The van der Waals surface area contributed by atoms with Crippen LogP contribution < -0.4 is 11.3 Å². The smallest absolute Gasteiger partial charge is 0.254 e. The number of nitrogens with two attached hydrogens (primary N) is 1. The molecule has 1 aromatic carbocycles. The highest BCUT2D eigenvalue weighted by Gasteiger charge is 2.07. The van der Waals surface area contributed by atoms with Crippen molar-refractivity contribution < 1.29 is 9.21 Å². The number of primary amides is 1. The summed E-state index contributed by atoms with van der Waals surface area (Å²) in [6.45, 7) is 1.94. The maximum absolute atomic E-state index is 11.0. The molecule has 0 unspecified atom stereocenters. The Morgan fingerprint density at radius 2 is 2.13 bits per heavy atom. The van der Waals surface area contributed by atoms with Crippen LogP contribution in [0.15, 0.2) is 28.7 Å². The molecule has 0 aliphatic rings. The van der Waals surface area contributed by atoms with Gasteiger partial charge in [-0.05, 0) is 25.1 Å². The molecule has 0 fully saturated rings. The van der Waals surface area contributed by atoms with Crippen LogP contribution in [-0.4, -0.2) is 5.91 Å². The number of carbonyl (C=O) groups excluding carboxylic acids is 1. The van der Waals surface area contributed by atoms with E-state index >= 15 is 0 Å². The lowest BCUT2D eigenvalue weighted by Crippen LogP contribution is -2.20. The predicted octanol–water partition coefficient (Wildman–Crippen LogP) is 1.32. The molecular weight excluding hydrogens is 192 g/mol. The molecule has 2 aromatic rings. The molecule has 2 rings (SSSR count). The third-order valence-electron chi connectivity index (χ3n) is 2.19. The molecule has 1 amide bonds. The van der Waals surface area contributed by atoms with Crippen LogP contribution in [0.5, 0.6) is 0 Å². The van der Waals surface area contributed by atoms with Gasteiger partial charge in [0.1, 0.15) is 11.1 Å². The van der Waals surface area contributed by atoms with Crippen LogP contribution in [0.25, 0.3) is 11.0 Å². The summed E-state index contributed by atoms with van der Waals surface area (Å²) >= 11 is 0. The second-order valence-electron chi connectivity index (χ2n) is 3.39. The highest BCUT2D eigenvalue weighted by atomic mass is 16.3. The maximum atomic E-state index is 11.0. The number of carbonyl (C=O) groups is 1. The summed E-state index contributed by atoms with van der Waals surface area (Å²) in [5.41, 5.74) is 6.67. The fourth-order valence-electron chi connectivity index (χ4n) is 1.44. The Kier molecular flexibility index (Phi) is 2.04. The molecule has 0 saturated heterocycles. The van der Waals surface area contributed by atoms with Crippen molar-refractivity contribution in [2.45, 2.75) is 6.92 Å². The summed E-state index contributed by atoms with van der Waals surface area (Å²) in [5, 5.41) is 8.25. The molecule has 0 saturated carbocycles. The minimum Gasteiger partial charge on any atom is -0.438 e. The fraction of sp³-hybridized carbons (Fsp3) is 0.0909. The number of hydrogen-bond donors (Lipinski definition) is 2. The predicted molar refractivity (Wildman–Crippen MR) is 55.3 cm³/mol. The Hall–Kier alpha value is -2.10. The highest BCUT2D eigenvalue weighted by Crippen LogP contribution is 2.14. The highest BCUT2D eigenvalue weighted by molar-refractivity contribution is 5.95. The number of rotatable bonds is 1. The molecule has 0 radical (unpaired) electrons. The van der Waals surface area contributed by atoms with Gasteiger partial charge in [-0.3, -0.25) is 10.2 Å². The van der Waals surface area contributed by atoms with Gasteiger partial charge in [-0.1, -0.05) is 11.6 Å². The van der Waals surface area contributed by atoms with Crippen LogP contribution in [-0.2, 0) is 0 Å². The second kappa shape index (κ2) is 3.24. The molecule has 0 aliphatic carbocycles. The van der Waals surface area contributed by atoms with Gasteiger partial charge >= 0.3 is 0 Å². The first-order valence-electron chi connectivity index (χ1n) is 4.47. The molecule has 4 nitrogen and oxygen atoms in total. The summed E-state index contributed by atoms with van der Waals surface area (Å²) in [5.74, 6) is -0.646. The summed E-state index contributed by atoms with van der Waals surface area (Å²) in [7, 11) is 0. The first-order valence-corrected chi connectivity index (χ1v) is 4.47. The Morgan fingerprint density at radius 3 is 2.80 bits per heavy atom. The van der Waals surface area contributed by atoms with Gasteiger partial charge in [0.2, 0.25) is 5.55 Å². The number of amides is 1. The van der Waals surface area contributed by atoms with Crippen LogP contribution >= 0.6 is 0 Å². The van der Waals surface area contributed by atoms with Crippen molar-refractivity contribution in [1.29, 1.82) is 5.41 Å². The molecule has 1 heterocycles. The lowest BCUT2D eigenvalue weighted by Gasteiger charge is -2.01. The summed E-state index contributed by atoms with van der Waals surface area (Å²) < 4.78 is 5.17. The topological polar surface area (TPSA) is 80.1 Å². The van der Waals surface area contributed by atoms with Crippen molar-refractivity contribution in [3.05, 3.63) is 40.9 Å². The van der Waals surface area contributed by atoms with Crippen molar-refractivity contribution in [2.75, 3.05) is 0 Å². The third kappa shape index (κ3) is 1.61. The molecule has 3 N–H and O–H groups in total. The molecule has 4 heteroatoms. The average molecular weight is 202 g/mol. The molecule has 15 heavy (non-hydrogen) atoms. The van der Waals surface area contributed by atoms with Crippen molar-refractivity contribution in [1.82, 2.24) is 0 Å². The maximum Gasteiger partial charge on any atom is 0.254 e. The van der Waals surface area contributed by atoms with Crippen LogP contribution in [0, 0.1) is 12.3 Å². The minimum atomic E-state index is -0.646. The number of fused-ring (bicyclic) bond motifs is 1. The van der Waals surface area contributed by atoms with Gasteiger partial charge in [0.25, 0.3) is 5.91 Å². The van der Waals surface area contributed by atoms with Crippen molar-refractivity contribution in [3.8, 4) is 0 Å². The third-order valence-corrected chi connectivity index (χ3v) is 2.19. The minimum absolute atomic E-state index is 0.105. The monoisotopic (exact) mass is 202 g/mol. The Morgan fingerprint density at radius 1 is 1.40 bits per heavy atom. The standard InChI is InChI=1S/C11H10N2O2/c1-6-2-3-9-7(4-6)5-8(10(12)14)11(13)15-9/h2-5,13H,1H3,(H2,12,14). The van der Waals surface area contributed by atoms with Gasteiger partial charge in [0.05, 0.1) is 0 Å². The number of benzene rings is 1. The van der Waals surface area contributed by atoms with Gasteiger partial charge in [0.15, 0.2) is 0 Å². The SMILES string of the molecule is Cc1ccc2oc(=N)c(C(N)=O)cc2c1. The molecule has 0 atom stereocenters. The molecule has 0 aliphatic heterocycles. The van der Waals surface area contributed by atoms with Crippen molar-refractivity contribution in [3.63, 3.8) is 0 Å². The average Bonchev–Trinajstić information content (AvgIpc) is 2.17. The zero-order chi connectivity index (χ0) is 11.0. The summed E-state index contributed by atoms with van der Waals surface area (Å²) in [6.07, 6.45) is 0. The van der Waals surface area contributed by atoms with Crippen LogP contribution in [0.1, 0.15) is 15.9 Å². The van der Waals surface area contributed by atoms with E-state index in [4.69, 9.17) is 15.6 Å².